The molecule has 8 nitrogen and oxygen atoms in total. The first-order valence-corrected chi connectivity index (χ1v) is 2.05. The van der Waals surface area contributed by atoms with Gasteiger partial charge in [0.05, 0.1) is 0 Å². The largest absolute Gasteiger partial charge is 0.439 e. The smallest absolute Gasteiger partial charge is 0.346 e. The minimum absolute atomic E-state index is 1.31. The van der Waals surface area contributed by atoms with E-state index in [1.807, 2.05) is 0 Å². The third kappa shape index (κ3) is 2.94. The number of rotatable bonds is 2. The van der Waals surface area contributed by atoms with Crippen molar-refractivity contribution in [2.45, 2.75) is 0 Å². The summed E-state index contributed by atoms with van der Waals surface area (Å²) in [6.45, 7) is 0. The van der Waals surface area contributed by atoms with Crippen LogP contribution in [0, 0.1) is 0 Å². The Balaban J connectivity index is 3.60. The van der Waals surface area contributed by atoms with Gasteiger partial charge in [0.2, 0.25) is 0 Å². The van der Waals surface area contributed by atoms with Crippen LogP contribution in [0.3, 0.4) is 0 Å². The summed E-state index contributed by atoms with van der Waals surface area (Å²) in [6, 6.07) is 0. The molecule has 0 aromatic heterocycles. The van der Waals surface area contributed by atoms with Crippen molar-refractivity contribution in [1.29, 1.82) is 0 Å². The maximum atomic E-state index is 10.2. The predicted octanol–water partition coefficient (Wildman–Crippen LogP) is -3.17. The zero-order chi connectivity index (χ0) is 7.98. The average Bonchev–Trinajstić information content (AvgIpc) is 1.89. The summed E-state index contributed by atoms with van der Waals surface area (Å²) in [5, 5.41) is 0. The molecule has 0 saturated heterocycles. The van der Waals surface area contributed by atoms with Crippen LogP contribution < -0.4 is 22.9 Å². The van der Waals surface area contributed by atoms with Gasteiger partial charge in [-0.25, -0.2) is 21.3 Å². The maximum Gasteiger partial charge on any atom is 0.439 e. The van der Waals surface area contributed by atoms with Crippen LogP contribution in [0.2, 0.25) is 0 Å². The van der Waals surface area contributed by atoms with Crippen LogP contribution >= 0.6 is 0 Å². The van der Waals surface area contributed by atoms with E-state index in [9.17, 15) is 9.59 Å². The number of hydrogen-bond donors (Lipinski definition) is 4. The number of carbonyl (C=O) groups excluding carboxylic acids is 2. The molecule has 0 heterocycles. The normalized spacial score (nSPS) is 8.60. The molecule has 0 bridgehead atoms. The Kier molecular flexibility index (Phi) is 4.07. The molecule has 0 aliphatic carbocycles. The summed E-state index contributed by atoms with van der Waals surface area (Å²) >= 11 is 0. The van der Waals surface area contributed by atoms with Gasteiger partial charge in [-0.05, 0) is 0 Å². The Morgan fingerprint density at radius 3 is 1.50 bits per heavy atom. The number of carbonyl (C=O) groups is 2. The Morgan fingerprint density at radius 2 is 1.30 bits per heavy atom. The van der Waals surface area contributed by atoms with Crippen LogP contribution in [0.15, 0.2) is 0 Å². The molecule has 0 radical (unpaired) electrons. The van der Waals surface area contributed by atoms with Gasteiger partial charge in [-0.2, -0.15) is 0 Å². The molecule has 0 aliphatic heterocycles. The highest BCUT2D eigenvalue weighted by atomic mass is 16.8. The van der Waals surface area contributed by atoms with Crippen molar-refractivity contribution in [3.8, 4) is 0 Å². The molecule has 58 valence electrons. The number of nitrogens with two attached hydrogens (primary N) is 2. The first kappa shape index (κ1) is 8.78. The lowest BCUT2D eigenvalue weighted by Gasteiger charge is -1.98. The molecule has 0 atom stereocenters. The van der Waals surface area contributed by atoms with Gasteiger partial charge < -0.3 is 9.68 Å². The first-order valence-electron chi connectivity index (χ1n) is 2.05. The Bertz CT molecular complexity index is 119. The summed E-state index contributed by atoms with van der Waals surface area (Å²) in [6.07, 6.45) is 0. The zero-order valence-corrected chi connectivity index (χ0v) is 4.79. The van der Waals surface area contributed by atoms with E-state index in [0.717, 1.165) is 0 Å². The molecule has 0 unspecified atom stereocenters. The van der Waals surface area contributed by atoms with Crippen LogP contribution in [0.25, 0.3) is 0 Å². The number of hydrazine groups is 2. The van der Waals surface area contributed by atoms with Crippen LogP contribution in [-0.2, 0) is 19.3 Å². The van der Waals surface area contributed by atoms with E-state index in [0.29, 0.717) is 0 Å². The van der Waals surface area contributed by atoms with Crippen molar-refractivity contribution in [2.75, 3.05) is 0 Å². The molecule has 0 fully saturated rings. The van der Waals surface area contributed by atoms with Crippen molar-refractivity contribution >= 4 is 11.9 Å². The van der Waals surface area contributed by atoms with Crippen molar-refractivity contribution in [2.24, 2.45) is 11.7 Å². The van der Waals surface area contributed by atoms with Crippen LogP contribution in [-0.4, -0.2) is 11.9 Å². The SMILES string of the molecule is NNOC(=O)C(=O)ONN. The quantitative estimate of drug-likeness (QED) is 0.184. The van der Waals surface area contributed by atoms with E-state index < -0.39 is 11.9 Å². The lowest BCUT2D eigenvalue weighted by molar-refractivity contribution is -0.176. The summed E-state index contributed by atoms with van der Waals surface area (Å²) in [7, 11) is 0. The molecule has 0 aliphatic rings. The summed E-state index contributed by atoms with van der Waals surface area (Å²) < 4.78 is 0. The second kappa shape index (κ2) is 4.64. The second-order valence-electron chi connectivity index (χ2n) is 1.01. The molecule has 10 heavy (non-hydrogen) atoms. The highest BCUT2D eigenvalue weighted by molar-refractivity contribution is 6.29. The highest BCUT2D eigenvalue weighted by Crippen LogP contribution is 1.74. The Morgan fingerprint density at radius 1 is 1.00 bits per heavy atom. The number of hydrogen-bond acceptors (Lipinski definition) is 8. The molecule has 0 rings (SSSR count). The standard InChI is InChI=1S/C2H6N4O4/c3-5-9-1(7)2(8)10-6-4/h5-6H,3-4H2. The minimum Gasteiger partial charge on any atom is -0.346 e. The van der Waals surface area contributed by atoms with Crippen LogP contribution in [0.1, 0.15) is 0 Å². The first-order chi connectivity index (χ1) is 4.72. The van der Waals surface area contributed by atoms with Gasteiger partial charge in [-0.3, -0.25) is 0 Å². The van der Waals surface area contributed by atoms with Gasteiger partial charge in [-0.1, -0.05) is 11.2 Å². The molecule has 0 aromatic carbocycles. The Hall–Kier alpha value is -1.22. The Labute approximate surface area is 55.3 Å². The monoisotopic (exact) mass is 150 g/mol. The van der Waals surface area contributed by atoms with E-state index >= 15 is 0 Å². The fraction of sp³-hybridized carbons (Fsp3) is 0. The molecule has 0 saturated carbocycles. The molecule has 8 heteroatoms. The third-order valence-electron chi connectivity index (χ3n) is 0.470. The van der Waals surface area contributed by atoms with Crippen LogP contribution in [0.5, 0.6) is 0 Å². The molecular formula is C2H6N4O4. The second-order valence-corrected chi connectivity index (χ2v) is 1.01. The maximum absolute atomic E-state index is 10.2. The van der Waals surface area contributed by atoms with Crippen LogP contribution in [0.4, 0.5) is 0 Å². The highest BCUT2D eigenvalue weighted by Gasteiger charge is 2.16. The van der Waals surface area contributed by atoms with Gasteiger partial charge in [0, 0.05) is 0 Å². The summed E-state index contributed by atoms with van der Waals surface area (Å²) in [5.41, 5.74) is 2.98. The van der Waals surface area contributed by atoms with Gasteiger partial charge in [0.15, 0.2) is 0 Å². The molecule has 0 spiro atoms. The van der Waals surface area contributed by atoms with Gasteiger partial charge in [0.25, 0.3) is 0 Å². The lowest BCUT2D eigenvalue weighted by Crippen LogP contribution is -2.36. The summed E-state index contributed by atoms with van der Waals surface area (Å²) in [5.74, 6) is 6.41. The fourth-order valence-electron chi connectivity index (χ4n) is 0.190. The van der Waals surface area contributed by atoms with Crippen molar-refractivity contribution in [1.82, 2.24) is 11.2 Å². The van der Waals surface area contributed by atoms with E-state index in [4.69, 9.17) is 0 Å². The minimum atomic E-state index is -1.31. The van der Waals surface area contributed by atoms with E-state index in [1.54, 1.807) is 0 Å². The van der Waals surface area contributed by atoms with Gasteiger partial charge >= 0.3 is 11.9 Å². The predicted molar refractivity (Wildman–Crippen MR) is 26.8 cm³/mol. The van der Waals surface area contributed by atoms with E-state index in [2.05, 4.69) is 21.4 Å². The third-order valence-corrected chi connectivity index (χ3v) is 0.470. The van der Waals surface area contributed by atoms with E-state index in [-0.39, 0.29) is 0 Å². The van der Waals surface area contributed by atoms with Crippen molar-refractivity contribution in [3.63, 3.8) is 0 Å². The number of nitrogens with one attached hydrogen (secondary N) is 2. The average molecular weight is 150 g/mol. The van der Waals surface area contributed by atoms with Gasteiger partial charge in [-0.15, -0.1) is 0 Å². The topological polar surface area (TPSA) is 129 Å². The molecular weight excluding hydrogens is 144 g/mol. The fourth-order valence-corrected chi connectivity index (χ4v) is 0.190. The van der Waals surface area contributed by atoms with E-state index in [1.165, 1.54) is 11.2 Å². The molecule has 0 amide bonds. The van der Waals surface area contributed by atoms with Crippen molar-refractivity contribution < 1.29 is 19.3 Å². The van der Waals surface area contributed by atoms with Crippen molar-refractivity contribution in [3.05, 3.63) is 0 Å². The molecule has 0 aromatic rings. The van der Waals surface area contributed by atoms with Gasteiger partial charge in [0.1, 0.15) is 0 Å². The summed E-state index contributed by atoms with van der Waals surface area (Å²) in [4.78, 5) is 27.9. The molecule has 6 N–H and O–H groups in total. The zero-order valence-electron chi connectivity index (χ0n) is 4.79. The lowest BCUT2D eigenvalue weighted by atomic mass is 10.7.